The number of primary amides is 2. The van der Waals surface area contributed by atoms with Crippen LogP contribution in [0.25, 0.3) is 5.69 Å². The van der Waals surface area contributed by atoms with Crippen LogP contribution < -0.4 is 37.0 Å². The van der Waals surface area contributed by atoms with E-state index >= 15 is 0 Å². The minimum atomic E-state index is -4.93. The molecular formula is C44H59N12O22P2+. The van der Waals surface area contributed by atoms with Crippen LogP contribution in [-0.2, 0) is 27.7 Å². The van der Waals surface area contributed by atoms with Gasteiger partial charge in [0.1, 0.15) is 34.1 Å². The third-order valence-electron chi connectivity index (χ3n) is 10.6. The predicted molar refractivity (Wildman–Crippen MR) is 273 cm³/mol. The van der Waals surface area contributed by atoms with Crippen molar-refractivity contribution in [3.05, 3.63) is 137 Å². The Morgan fingerprint density at radius 2 is 1.14 bits per heavy atom. The third-order valence-corrected chi connectivity index (χ3v) is 11.6. The number of nitrogen functional groups attached to an aromatic ring is 1. The number of carbonyl (C=O) groups excluding carboxylic acids is 4. The van der Waals surface area contributed by atoms with Crippen molar-refractivity contribution in [2.24, 2.45) is 17.2 Å². The highest BCUT2D eigenvalue weighted by Gasteiger charge is 2.43. The normalized spacial score (nSPS) is 17.6. The topological polar surface area (TPSA) is 514 Å². The van der Waals surface area contributed by atoms with Gasteiger partial charge in [0.15, 0.2) is 30.8 Å². The number of anilines is 1. The van der Waals surface area contributed by atoms with Crippen LogP contribution >= 0.6 is 15.6 Å². The van der Waals surface area contributed by atoms with Crippen LogP contribution in [0.4, 0.5) is 38.0 Å². The number of phosphoric ester groups is 2. The smallest absolute Gasteiger partial charge is 0.469 e. The minimum Gasteiger partial charge on any atom is -0.756 e. The van der Waals surface area contributed by atoms with Gasteiger partial charge in [-0.25, -0.2) is 14.2 Å². The predicted octanol–water partition coefficient (Wildman–Crippen LogP) is 2.50. The molecule has 0 radical (unpaired) electrons. The SMILES string of the molecule is CC(C)(C)OC(=O)N1CC([n+]2cccc(C(N)=O)c2)C[C@H]1COP(=O)([O-])O.CC(C)(C)OC(=O)N1C[C@@H](N)C[C@H]1COP(=O)(O)O.NC(=O)c1ccc[n+](-c2ccc([N+](=O)[O-])cc2[N+](=O)[O-])c1.Nc1ccc([N+](=O)[O-])cc1[N+](=O)[O-]. The molecule has 2 aliphatic rings. The molecule has 2 unspecified atom stereocenters. The first-order chi connectivity index (χ1) is 36.7. The molecule has 6 rings (SSSR count). The summed E-state index contributed by atoms with van der Waals surface area (Å²) in [6.07, 6.45) is 5.65. The number of hydrogen-bond donors (Lipinski definition) is 7. The number of hydrogen-bond acceptors (Lipinski definition) is 21. The van der Waals surface area contributed by atoms with Gasteiger partial charge in [0.05, 0.1) is 57.6 Å². The van der Waals surface area contributed by atoms with Gasteiger partial charge in [0, 0.05) is 49.3 Å². The number of nitrogens with zero attached hydrogens (tertiary/aromatic N) is 8. The Hall–Kier alpha value is -8.20. The molecule has 0 aliphatic carbocycles. The van der Waals surface area contributed by atoms with E-state index in [0.717, 1.165) is 30.3 Å². The Labute approximate surface area is 453 Å². The molecule has 2 saturated heterocycles. The quantitative estimate of drug-likeness (QED) is 0.0313. The van der Waals surface area contributed by atoms with Crippen LogP contribution in [-0.4, -0.2) is 124 Å². The fourth-order valence-corrected chi connectivity index (χ4v) is 7.99. The Balaban J connectivity index is 0.000000288. The Kier molecular flexibility index (Phi) is 22.8. The summed E-state index contributed by atoms with van der Waals surface area (Å²) in [5.74, 6) is -1.27. The van der Waals surface area contributed by atoms with Crippen LogP contribution in [0.3, 0.4) is 0 Å². The van der Waals surface area contributed by atoms with Gasteiger partial charge in [-0.15, -0.1) is 0 Å². The zero-order valence-corrected chi connectivity index (χ0v) is 45.3. The molecule has 0 spiro atoms. The number of phosphoric acid groups is 2. The first-order valence-electron chi connectivity index (χ1n) is 23.1. The van der Waals surface area contributed by atoms with Gasteiger partial charge in [0.2, 0.25) is 0 Å². The fourth-order valence-electron chi connectivity index (χ4n) is 7.26. The van der Waals surface area contributed by atoms with Crippen LogP contribution in [0, 0.1) is 40.5 Å². The maximum absolute atomic E-state index is 12.5. The number of rotatable bonds is 14. The number of likely N-dealkylation sites (tertiary alicyclic amines) is 2. The number of benzene rings is 2. The van der Waals surface area contributed by atoms with Crippen molar-refractivity contribution in [1.29, 1.82) is 0 Å². The summed E-state index contributed by atoms with van der Waals surface area (Å²) < 4.78 is 44.2. The van der Waals surface area contributed by atoms with E-state index in [9.17, 15) is 73.7 Å². The van der Waals surface area contributed by atoms with Gasteiger partial charge in [-0.3, -0.25) is 64.0 Å². The average Bonchev–Trinajstić information content (AvgIpc) is 3.95. The molecule has 0 saturated carbocycles. The van der Waals surface area contributed by atoms with E-state index in [4.69, 9.17) is 47.1 Å². The Bertz CT molecular complexity index is 3060. The molecular weight excluding hydrogens is 1110 g/mol. The van der Waals surface area contributed by atoms with E-state index in [2.05, 4.69) is 9.05 Å². The summed E-state index contributed by atoms with van der Waals surface area (Å²) in [5, 5.41) is 42.3. The van der Waals surface area contributed by atoms with Crippen molar-refractivity contribution in [3.63, 3.8) is 0 Å². The number of amides is 4. The lowest BCUT2D eigenvalue weighted by Gasteiger charge is -2.28. The fraction of sp³-hybridized carbons (Fsp3) is 0.409. The van der Waals surface area contributed by atoms with Crippen LogP contribution in [0.1, 0.15) is 81.1 Å². The highest BCUT2D eigenvalue weighted by molar-refractivity contribution is 7.46. The van der Waals surface area contributed by atoms with Crippen molar-refractivity contribution in [1.82, 2.24) is 9.80 Å². The highest BCUT2D eigenvalue weighted by Crippen LogP contribution is 2.37. The van der Waals surface area contributed by atoms with Gasteiger partial charge in [-0.2, -0.15) is 9.13 Å². The zero-order chi connectivity index (χ0) is 60.8. The molecule has 5 atom stereocenters. The maximum atomic E-state index is 12.5. The standard InChI is InChI=1S/C16H24N3O7P.C12H8N4O5.C10H21N2O6P.C6H5N3O4/c1-16(2,3)26-15(21)19-9-12(7-13(19)10-25-27(22,23)24)18-6-4-5-11(8-18)14(17)20;13-12(17)8-2-1-5-14(7-8)10-4-3-9(15(18)19)6-11(10)16(20)21;1-10(2,3)18-9(13)12-5-7(11)4-8(12)6-17-19(14,15)16;7-5-2-1-4(8(10)11)3-6(5)9(12)13/h4-6,8,12-13H,7,9-10H2,1-3H3,(H3-,17,20,22,23,24);1-7H,(H-,13,17);7-8H,4-6,11H2,1-3H3,(H2,14,15,16);1-3H,7H2/p+1/t12?,13-;;7-,8-;/m0.0./s1. The van der Waals surface area contributed by atoms with E-state index in [1.165, 1.54) is 45.0 Å². The molecule has 436 valence electrons. The van der Waals surface area contributed by atoms with Crippen LogP contribution in [0.15, 0.2) is 85.5 Å². The van der Waals surface area contributed by atoms with Crippen molar-refractivity contribution in [2.45, 2.75) is 89.8 Å². The van der Waals surface area contributed by atoms with Crippen molar-refractivity contribution < 1.29 is 95.2 Å². The number of carbonyl (C=O) groups is 4. The summed E-state index contributed by atoms with van der Waals surface area (Å²) in [7, 11) is -9.48. The maximum Gasteiger partial charge on any atom is 0.469 e. The lowest BCUT2D eigenvalue weighted by Crippen LogP contribution is -2.44. The summed E-state index contributed by atoms with van der Waals surface area (Å²) >= 11 is 0. The summed E-state index contributed by atoms with van der Waals surface area (Å²) in [5.41, 5.74) is 18.9. The number of nitro groups is 4. The van der Waals surface area contributed by atoms with Crippen molar-refractivity contribution >= 4 is 68.1 Å². The number of ether oxygens (including phenoxy) is 2. The van der Waals surface area contributed by atoms with Gasteiger partial charge in [0.25, 0.3) is 42.4 Å². The lowest BCUT2D eigenvalue weighted by molar-refractivity contribution is -0.719. The Morgan fingerprint density at radius 3 is 1.61 bits per heavy atom. The molecule has 0 bridgehead atoms. The number of non-ortho nitro benzene ring substituents is 2. The van der Waals surface area contributed by atoms with E-state index in [1.807, 2.05) is 0 Å². The van der Waals surface area contributed by atoms with Crippen molar-refractivity contribution in [2.75, 3.05) is 32.0 Å². The zero-order valence-electron chi connectivity index (χ0n) is 43.5. The van der Waals surface area contributed by atoms with Gasteiger partial charge in [-0.05, 0) is 66.2 Å². The van der Waals surface area contributed by atoms with E-state index in [-0.39, 0.29) is 54.4 Å². The number of pyridine rings is 2. The first-order valence-corrected chi connectivity index (χ1v) is 26.1. The van der Waals surface area contributed by atoms with Crippen LogP contribution in [0.5, 0.6) is 0 Å². The molecule has 80 heavy (non-hydrogen) atoms. The number of nitrogens with two attached hydrogens (primary N) is 4. The summed E-state index contributed by atoms with van der Waals surface area (Å²) in [4.78, 5) is 126. The molecule has 34 nitrogen and oxygen atoms in total. The lowest BCUT2D eigenvalue weighted by atomic mass is 10.1. The molecule has 4 aromatic rings. The van der Waals surface area contributed by atoms with Crippen molar-refractivity contribution in [3.8, 4) is 5.69 Å². The average molecular weight is 1170 g/mol. The number of nitro benzene ring substituents is 4. The first kappa shape index (κ1) is 66.1. The molecule has 2 aromatic carbocycles. The van der Waals surface area contributed by atoms with E-state index < -0.39 is 106 Å². The highest BCUT2D eigenvalue weighted by atomic mass is 31.2. The van der Waals surface area contributed by atoms with Gasteiger partial charge < -0.3 is 61.4 Å². The third kappa shape index (κ3) is 21.6. The van der Waals surface area contributed by atoms with E-state index in [1.54, 1.807) is 70.6 Å². The Morgan fingerprint density at radius 1 is 0.675 bits per heavy atom. The molecule has 11 N–H and O–H groups in total. The minimum absolute atomic E-state index is 0.0874. The monoisotopic (exact) mass is 1170 g/mol. The second kappa shape index (κ2) is 27.6. The molecule has 2 aromatic heterocycles. The largest absolute Gasteiger partial charge is 0.756 e. The van der Waals surface area contributed by atoms with Gasteiger partial charge >= 0.3 is 25.7 Å². The second-order valence-corrected chi connectivity index (χ2v) is 21.7. The molecule has 4 heterocycles. The van der Waals surface area contributed by atoms with Gasteiger partial charge in [-0.1, -0.05) is 0 Å². The second-order valence-electron chi connectivity index (χ2n) is 19.2. The van der Waals surface area contributed by atoms with Crippen LogP contribution in [0.2, 0.25) is 0 Å². The number of aromatic nitrogens is 2. The molecule has 2 aliphatic heterocycles. The summed E-state index contributed by atoms with van der Waals surface area (Å²) in [6, 6.07) is 10.9. The molecule has 4 amide bonds. The molecule has 36 heteroatoms. The van der Waals surface area contributed by atoms with E-state index in [0.29, 0.717) is 18.4 Å². The molecule has 2 fully saturated rings. The summed E-state index contributed by atoms with van der Waals surface area (Å²) in [6.45, 7) is 10.2.